The molecule has 0 aromatic heterocycles. The summed E-state index contributed by atoms with van der Waals surface area (Å²) in [4.78, 5) is 35.0. The molecular formula is C16H28N2O4. The van der Waals surface area contributed by atoms with Crippen LogP contribution in [0.25, 0.3) is 0 Å². The van der Waals surface area contributed by atoms with Crippen LogP contribution in [0.2, 0.25) is 0 Å². The third kappa shape index (κ3) is 6.45. The maximum Gasteiger partial charge on any atom is 0.328 e. The summed E-state index contributed by atoms with van der Waals surface area (Å²) in [7, 11) is 1.32. The second-order valence-electron chi connectivity index (χ2n) is 5.80. The predicted octanol–water partition coefficient (Wildman–Crippen LogP) is 1.67. The van der Waals surface area contributed by atoms with Crippen molar-refractivity contribution in [1.82, 2.24) is 10.6 Å². The fraction of sp³-hybridized carbons (Fsp3) is 0.812. The standard InChI is InChI=1S/C16H28N2O4/c1-3-4-5-6-7-8-9-13(16(21)22-2)18-15(20)12-10-11-14(19)17-12/h12-13H,3-11H2,1-2H3,(H,17,19)(H,18,20)/t12-,13-/m0/s1. The number of esters is 1. The summed E-state index contributed by atoms with van der Waals surface area (Å²) in [5.41, 5.74) is 0. The molecule has 6 nitrogen and oxygen atoms in total. The van der Waals surface area contributed by atoms with Crippen molar-refractivity contribution in [1.29, 1.82) is 0 Å². The maximum atomic E-state index is 12.1. The SMILES string of the molecule is CCCCCCCC[C@H](NC(=O)[C@@H]1CCC(=O)N1)C(=O)OC. The summed E-state index contributed by atoms with van der Waals surface area (Å²) in [5.74, 6) is -0.843. The Kier molecular flexibility index (Phi) is 8.55. The van der Waals surface area contributed by atoms with Crippen LogP contribution in [-0.4, -0.2) is 37.0 Å². The highest BCUT2D eigenvalue weighted by molar-refractivity contribution is 5.93. The molecule has 22 heavy (non-hydrogen) atoms. The number of hydrogen-bond donors (Lipinski definition) is 2. The topological polar surface area (TPSA) is 84.5 Å². The van der Waals surface area contributed by atoms with Crippen molar-refractivity contribution < 1.29 is 19.1 Å². The number of carbonyl (C=O) groups is 3. The molecule has 1 saturated heterocycles. The highest BCUT2D eigenvalue weighted by Crippen LogP contribution is 2.11. The van der Waals surface area contributed by atoms with Gasteiger partial charge in [0.1, 0.15) is 12.1 Å². The number of methoxy groups -OCH3 is 1. The van der Waals surface area contributed by atoms with Gasteiger partial charge in [-0.3, -0.25) is 9.59 Å². The Morgan fingerprint density at radius 3 is 2.55 bits per heavy atom. The van der Waals surface area contributed by atoms with E-state index in [2.05, 4.69) is 17.6 Å². The van der Waals surface area contributed by atoms with E-state index in [1.165, 1.54) is 26.4 Å². The van der Waals surface area contributed by atoms with Crippen molar-refractivity contribution in [3.05, 3.63) is 0 Å². The van der Waals surface area contributed by atoms with Crippen molar-refractivity contribution in [2.75, 3.05) is 7.11 Å². The quantitative estimate of drug-likeness (QED) is 0.475. The van der Waals surface area contributed by atoms with Crippen LogP contribution in [0.4, 0.5) is 0 Å². The molecule has 1 aliphatic rings. The number of rotatable bonds is 10. The molecule has 0 radical (unpaired) electrons. The molecule has 0 aliphatic carbocycles. The van der Waals surface area contributed by atoms with E-state index in [0.29, 0.717) is 19.3 Å². The second kappa shape index (κ2) is 10.2. The van der Waals surface area contributed by atoms with E-state index >= 15 is 0 Å². The Morgan fingerprint density at radius 1 is 1.27 bits per heavy atom. The van der Waals surface area contributed by atoms with Crippen molar-refractivity contribution in [2.45, 2.75) is 76.8 Å². The largest absolute Gasteiger partial charge is 0.467 e. The zero-order valence-corrected chi connectivity index (χ0v) is 13.7. The summed E-state index contributed by atoms with van der Waals surface area (Å²) in [6.45, 7) is 2.17. The van der Waals surface area contributed by atoms with Crippen LogP contribution in [0.15, 0.2) is 0 Å². The van der Waals surface area contributed by atoms with Gasteiger partial charge >= 0.3 is 5.97 Å². The first-order valence-electron chi connectivity index (χ1n) is 8.26. The normalized spacial score (nSPS) is 18.6. The Hall–Kier alpha value is -1.59. The average molecular weight is 312 g/mol. The first-order chi connectivity index (χ1) is 10.6. The third-order valence-corrected chi connectivity index (χ3v) is 3.96. The number of hydrogen-bond acceptors (Lipinski definition) is 4. The van der Waals surface area contributed by atoms with Crippen LogP contribution in [0.5, 0.6) is 0 Å². The van der Waals surface area contributed by atoms with E-state index in [-0.39, 0.29) is 11.8 Å². The smallest absolute Gasteiger partial charge is 0.328 e. The molecule has 1 heterocycles. The molecule has 126 valence electrons. The minimum absolute atomic E-state index is 0.120. The van der Waals surface area contributed by atoms with Gasteiger partial charge in [0, 0.05) is 6.42 Å². The van der Waals surface area contributed by atoms with E-state index in [4.69, 9.17) is 4.74 Å². The zero-order valence-electron chi connectivity index (χ0n) is 13.7. The van der Waals surface area contributed by atoms with Crippen molar-refractivity contribution in [3.8, 4) is 0 Å². The molecule has 2 atom stereocenters. The fourth-order valence-corrected chi connectivity index (χ4v) is 2.60. The van der Waals surface area contributed by atoms with Gasteiger partial charge in [0.05, 0.1) is 7.11 Å². The van der Waals surface area contributed by atoms with Gasteiger partial charge in [0.15, 0.2) is 0 Å². The summed E-state index contributed by atoms with van der Waals surface area (Å²) in [5, 5.41) is 5.31. The van der Waals surface area contributed by atoms with E-state index in [9.17, 15) is 14.4 Å². The van der Waals surface area contributed by atoms with Gasteiger partial charge in [-0.2, -0.15) is 0 Å². The van der Waals surface area contributed by atoms with E-state index in [1.54, 1.807) is 0 Å². The fourth-order valence-electron chi connectivity index (χ4n) is 2.60. The lowest BCUT2D eigenvalue weighted by atomic mass is 10.1. The highest BCUT2D eigenvalue weighted by Gasteiger charge is 2.30. The van der Waals surface area contributed by atoms with Crippen LogP contribution in [0.1, 0.15) is 64.7 Å². The second-order valence-corrected chi connectivity index (χ2v) is 5.80. The van der Waals surface area contributed by atoms with Crippen molar-refractivity contribution in [3.63, 3.8) is 0 Å². The van der Waals surface area contributed by atoms with E-state index in [0.717, 1.165) is 19.3 Å². The monoisotopic (exact) mass is 312 g/mol. The zero-order chi connectivity index (χ0) is 16.4. The Morgan fingerprint density at radius 2 is 1.95 bits per heavy atom. The molecule has 1 aliphatic heterocycles. The number of ether oxygens (including phenoxy) is 1. The molecule has 6 heteroatoms. The number of nitrogens with one attached hydrogen (secondary N) is 2. The minimum Gasteiger partial charge on any atom is -0.467 e. The Bertz CT molecular complexity index is 384. The average Bonchev–Trinajstić information content (AvgIpc) is 2.95. The molecule has 2 amide bonds. The predicted molar refractivity (Wildman–Crippen MR) is 83.1 cm³/mol. The Balaban J connectivity index is 2.35. The molecule has 0 aromatic rings. The molecule has 2 N–H and O–H groups in total. The van der Waals surface area contributed by atoms with Crippen molar-refractivity contribution >= 4 is 17.8 Å². The molecule has 0 unspecified atom stereocenters. The number of carbonyl (C=O) groups excluding carboxylic acids is 3. The van der Waals surface area contributed by atoms with Crippen LogP contribution in [0, 0.1) is 0 Å². The van der Waals surface area contributed by atoms with Crippen LogP contribution < -0.4 is 10.6 Å². The molecule has 1 rings (SSSR count). The maximum absolute atomic E-state index is 12.1. The van der Waals surface area contributed by atoms with Crippen molar-refractivity contribution in [2.24, 2.45) is 0 Å². The van der Waals surface area contributed by atoms with Crippen LogP contribution >= 0.6 is 0 Å². The van der Waals surface area contributed by atoms with E-state index < -0.39 is 18.1 Å². The van der Waals surface area contributed by atoms with Crippen LogP contribution in [-0.2, 0) is 19.1 Å². The summed E-state index contributed by atoms with van der Waals surface area (Å²) in [6.07, 6.45) is 8.13. The minimum atomic E-state index is -0.624. The van der Waals surface area contributed by atoms with Crippen LogP contribution in [0.3, 0.4) is 0 Å². The number of unbranched alkanes of at least 4 members (excludes halogenated alkanes) is 5. The molecule has 1 fully saturated rings. The lowest BCUT2D eigenvalue weighted by Gasteiger charge is -2.18. The van der Waals surface area contributed by atoms with Gasteiger partial charge in [-0.15, -0.1) is 0 Å². The van der Waals surface area contributed by atoms with Gasteiger partial charge in [0.2, 0.25) is 11.8 Å². The molecule has 0 bridgehead atoms. The lowest BCUT2D eigenvalue weighted by molar-refractivity contribution is -0.145. The molecule has 0 aromatic carbocycles. The summed E-state index contributed by atoms with van der Waals surface area (Å²) in [6, 6.07) is -1.15. The molecule has 0 spiro atoms. The van der Waals surface area contributed by atoms with E-state index in [1.807, 2.05) is 0 Å². The summed E-state index contributed by atoms with van der Waals surface area (Å²) < 4.78 is 4.75. The molecular weight excluding hydrogens is 284 g/mol. The first kappa shape index (κ1) is 18.5. The first-order valence-corrected chi connectivity index (χ1v) is 8.26. The highest BCUT2D eigenvalue weighted by atomic mass is 16.5. The van der Waals surface area contributed by atoms with Gasteiger partial charge < -0.3 is 15.4 Å². The van der Waals surface area contributed by atoms with Gasteiger partial charge in [0.25, 0.3) is 0 Å². The third-order valence-electron chi connectivity index (χ3n) is 3.96. The molecule has 0 saturated carbocycles. The lowest BCUT2D eigenvalue weighted by Crippen LogP contribution is -2.49. The van der Waals surface area contributed by atoms with Gasteiger partial charge in [-0.25, -0.2) is 4.79 Å². The van der Waals surface area contributed by atoms with Gasteiger partial charge in [-0.05, 0) is 12.8 Å². The Labute approximate surface area is 132 Å². The van der Waals surface area contributed by atoms with Gasteiger partial charge in [-0.1, -0.05) is 45.4 Å². The summed E-state index contributed by atoms with van der Waals surface area (Å²) >= 11 is 0. The number of amides is 2.